The molecule has 0 spiro atoms. The zero-order valence-electron chi connectivity index (χ0n) is 15.4. The molecular weight excluding hydrogens is 366 g/mol. The molecule has 2 aromatic carbocycles. The lowest BCUT2D eigenvalue weighted by molar-refractivity contribution is -0.149. The van der Waals surface area contributed by atoms with Crippen LogP contribution in [0.25, 0.3) is 0 Å². The summed E-state index contributed by atoms with van der Waals surface area (Å²) in [7, 11) is 0. The Hall–Kier alpha value is -3.55. The van der Waals surface area contributed by atoms with Gasteiger partial charge in [0.1, 0.15) is 5.75 Å². The van der Waals surface area contributed by atoms with E-state index in [4.69, 9.17) is 18.9 Å². The van der Waals surface area contributed by atoms with E-state index in [1.165, 1.54) is 19.1 Å². The van der Waals surface area contributed by atoms with Crippen molar-refractivity contribution in [3.63, 3.8) is 0 Å². The molecule has 0 bridgehead atoms. The second kappa shape index (κ2) is 8.43. The molecule has 2 aromatic rings. The van der Waals surface area contributed by atoms with Crippen LogP contribution in [-0.4, -0.2) is 37.7 Å². The van der Waals surface area contributed by atoms with Crippen LogP contribution in [0, 0.1) is 6.92 Å². The van der Waals surface area contributed by atoms with E-state index in [1.54, 1.807) is 18.2 Å². The first kappa shape index (κ1) is 19.2. The lowest BCUT2D eigenvalue weighted by atomic mass is 10.1. The summed E-state index contributed by atoms with van der Waals surface area (Å²) < 4.78 is 20.7. The molecule has 8 nitrogen and oxygen atoms in total. The number of carbonyl (C=O) groups excluding carboxylic acids is 3. The molecule has 0 saturated carbocycles. The first-order valence-electron chi connectivity index (χ1n) is 8.52. The number of hydrogen-bond donors (Lipinski definition) is 1. The van der Waals surface area contributed by atoms with Gasteiger partial charge in [0.2, 0.25) is 6.79 Å². The first-order valence-corrected chi connectivity index (χ1v) is 8.52. The van der Waals surface area contributed by atoms with Crippen molar-refractivity contribution in [1.82, 2.24) is 0 Å². The van der Waals surface area contributed by atoms with E-state index in [9.17, 15) is 14.4 Å². The summed E-state index contributed by atoms with van der Waals surface area (Å²) in [6.07, 6.45) is 0. The zero-order valence-corrected chi connectivity index (χ0v) is 15.4. The molecule has 0 radical (unpaired) electrons. The third-order valence-corrected chi connectivity index (χ3v) is 3.88. The van der Waals surface area contributed by atoms with E-state index in [2.05, 4.69) is 5.32 Å². The maximum absolute atomic E-state index is 12.1. The highest BCUT2D eigenvalue weighted by molar-refractivity contribution is 6.05. The number of Topliss-reactive ketones (excluding diaryl/α,β-unsaturated/α-hetero) is 1. The van der Waals surface area contributed by atoms with E-state index in [0.29, 0.717) is 17.2 Å². The van der Waals surface area contributed by atoms with Gasteiger partial charge in [-0.3, -0.25) is 9.59 Å². The number of ether oxygens (including phenoxy) is 4. The summed E-state index contributed by atoms with van der Waals surface area (Å²) >= 11 is 0. The number of benzene rings is 2. The van der Waals surface area contributed by atoms with Crippen LogP contribution in [0.15, 0.2) is 36.4 Å². The van der Waals surface area contributed by atoms with Crippen LogP contribution in [0.2, 0.25) is 0 Å². The lowest BCUT2D eigenvalue weighted by Gasteiger charge is -2.11. The van der Waals surface area contributed by atoms with Gasteiger partial charge in [-0.05, 0) is 37.6 Å². The maximum Gasteiger partial charge on any atom is 0.344 e. The van der Waals surface area contributed by atoms with Gasteiger partial charge in [0.15, 0.2) is 30.5 Å². The van der Waals surface area contributed by atoms with Crippen LogP contribution in [0.1, 0.15) is 22.8 Å². The molecule has 0 atom stereocenters. The van der Waals surface area contributed by atoms with Crippen molar-refractivity contribution >= 4 is 23.3 Å². The molecule has 3 rings (SSSR count). The molecule has 0 fully saturated rings. The Morgan fingerprint density at radius 1 is 1.07 bits per heavy atom. The number of hydrogen-bond acceptors (Lipinski definition) is 7. The van der Waals surface area contributed by atoms with Crippen molar-refractivity contribution in [1.29, 1.82) is 0 Å². The van der Waals surface area contributed by atoms with Crippen LogP contribution in [0.3, 0.4) is 0 Å². The number of amides is 1. The predicted molar refractivity (Wildman–Crippen MR) is 98.8 cm³/mol. The summed E-state index contributed by atoms with van der Waals surface area (Å²) in [5.41, 5.74) is 1.52. The first-order chi connectivity index (χ1) is 13.4. The van der Waals surface area contributed by atoms with Crippen molar-refractivity contribution < 1.29 is 33.3 Å². The fraction of sp³-hybridized carbons (Fsp3) is 0.250. The Balaban J connectivity index is 1.53. The second-order valence-corrected chi connectivity index (χ2v) is 6.12. The van der Waals surface area contributed by atoms with Crippen LogP contribution in [-0.2, 0) is 14.3 Å². The fourth-order valence-electron chi connectivity index (χ4n) is 2.56. The Bertz CT molecular complexity index is 923. The van der Waals surface area contributed by atoms with E-state index < -0.39 is 18.5 Å². The quantitative estimate of drug-likeness (QED) is 0.577. The summed E-state index contributed by atoms with van der Waals surface area (Å²) in [5.74, 6) is -0.142. The maximum atomic E-state index is 12.1. The lowest BCUT2D eigenvalue weighted by Crippen LogP contribution is -2.24. The second-order valence-electron chi connectivity index (χ2n) is 6.12. The van der Waals surface area contributed by atoms with Crippen molar-refractivity contribution in [2.45, 2.75) is 13.8 Å². The number of esters is 1. The zero-order chi connectivity index (χ0) is 20.1. The third-order valence-electron chi connectivity index (χ3n) is 3.88. The number of aryl methyl sites for hydroxylation is 1. The summed E-state index contributed by atoms with van der Waals surface area (Å²) in [6.45, 7) is 2.49. The standard InChI is InChI=1S/C20H19NO7/c1-12-4-3-5-14(6-12)25-10-20(24)26-9-19(23)21-16-8-18-17(27-11-28-18)7-15(16)13(2)22/h3-8H,9-11H2,1-2H3,(H,21,23). The third kappa shape index (κ3) is 4.79. The molecule has 1 amide bonds. The molecule has 1 aliphatic heterocycles. The molecule has 146 valence electrons. The highest BCUT2D eigenvalue weighted by Crippen LogP contribution is 2.37. The molecule has 0 unspecified atom stereocenters. The topological polar surface area (TPSA) is 100 Å². The van der Waals surface area contributed by atoms with E-state index in [1.807, 2.05) is 13.0 Å². The van der Waals surface area contributed by atoms with Gasteiger partial charge in [-0.1, -0.05) is 12.1 Å². The number of rotatable bonds is 7. The van der Waals surface area contributed by atoms with Crippen molar-refractivity contribution in [2.24, 2.45) is 0 Å². The Kier molecular flexibility index (Phi) is 5.78. The SMILES string of the molecule is CC(=O)c1cc2c(cc1NC(=O)COC(=O)COc1cccc(C)c1)OCO2. The average molecular weight is 385 g/mol. The highest BCUT2D eigenvalue weighted by atomic mass is 16.7. The molecular formula is C20H19NO7. The van der Waals surface area contributed by atoms with Gasteiger partial charge in [-0.25, -0.2) is 4.79 Å². The van der Waals surface area contributed by atoms with Crippen molar-refractivity contribution in [2.75, 3.05) is 25.3 Å². The summed E-state index contributed by atoms with van der Waals surface area (Å²) in [6, 6.07) is 10.2. The molecule has 0 aliphatic carbocycles. The Labute approximate surface area is 161 Å². The molecule has 0 saturated heterocycles. The van der Waals surface area contributed by atoms with Crippen molar-refractivity contribution in [3.8, 4) is 17.2 Å². The van der Waals surface area contributed by atoms with Crippen LogP contribution in [0.5, 0.6) is 17.2 Å². The predicted octanol–water partition coefficient (Wildman–Crippen LogP) is 2.49. The van der Waals surface area contributed by atoms with E-state index in [-0.39, 0.29) is 30.4 Å². The van der Waals surface area contributed by atoms with Crippen molar-refractivity contribution in [3.05, 3.63) is 47.5 Å². The Morgan fingerprint density at radius 3 is 2.54 bits per heavy atom. The molecule has 1 aliphatic rings. The number of anilines is 1. The minimum atomic E-state index is -0.686. The largest absolute Gasteiger partial charge is 0.482 e. The minimum absolute atomic E-state index is 0.0443. The van der Waals surface area contributed by atoms with Gasteiger partial charge in [0.05, 0.1) is 5.69 Å². The highest BCUT2D eigenvalue weighted by Gasteiger charge is 2.20. The number of carbonyl (C=O) groups is 3. The van der Waals surface area contributed by atoms with E-state index >= 15 is 0 Å². The van der Waals surface area contributed by atoms with Gasteiger partial charge in [0.25, 0.3) is 5.91 Å². The van der Waals surface area contributed by atoms with Crippen LogP contribution < -0.4 is 19.5 Å². The number of nitrogens with one attached hydrogen (secondary N) is 1. The van der Waals surface area contributed by atoms with Gasteiger partial charge in [-0.2, -0.15) is 0 Å². The molecule has 28 heavy (non-hydrogen) atoms. The summed E-state index contributed by atoms with van der Waals surface area (Å²) in [5, 5.41) is 2.54. The number of fused-ring (bicyclic) bond motifs is 1. The van der Waals surface area contributed by atoms with Gasteiger partial charge >= 0.3 is 5.97 Å². The molecule has 1 heterocycles. The molecule has 0 aromatic heterocycles. The molecule has 1 N–H and O–H groups in total. The van der Waals surface area contributed by atoms with Gasteiger partial charge in [-0.15, -0.1) is 0 Å². The molecule has 8 heteroatoms. The van der Waals surface area contributed by atoms with Gasteiger partial charge in [0, 0.05) is 11.6 Å². The average Bonchev–Trinajstić information content (AvgIpc) is 3.11. The fourth-order valence-corrected chi connectivity index (χ4v) is 2.56. The Morgan fingerprint density at radius 2 is 1.82 bits per heavy atom. The monoisotopic (exact) mass is 385 g/mol. The van der Waals surface area contributed by atoms with Crippen LogP contribution >= 0.6 is 0 Å². The van der Waals surface area contributed by atoms with Crippen LogP contribution in [0.4, 0.5) is 5.69 Å². The normalized spacial score (nSPS) is 11.6. The smallest absolute Gasteiger partial charge is 0.344 e. The summed E-state index contributed by atoms with van der Waals surface area (Å²) in [4.78, 5) is 35.7. The number of ketones is 1. The minimum Gasteiger partial charge on any atom is -0.482 e. The van der Waals surface area contributed by atoms with E-state index in [0.717, 1.165) is 5.56 Å². The van der Waals surface area contributed by atoms with Gasteiger partial charge < -0.3 is 24.3 Å².